The van der Waals surface area contributed by atoms with Gasteiger partial charge in [0.25, 0.3) is 0 Å². The lowest BCUT2D eigenvalue weighted by Crippen LogP contribution is -2.38. The van der Waals surface area contributed by atoms with Gasteiger partial charge >= 0.3 is 0 Å². The Morgan fingerprint density at radius 3 is 2.48 bits per heavy atom. The molecule has 1 amide bonds. The van der Waals surface area contributed by atoms with Gasteiger partial charge in [0, 0.05) is 32.6 Å². The number of carbonyl (C=O) groups excluding carboxylic acids is 1. The van der Waals surface area contributed by atoms with Gasteiger partial charge in [0.1, 0.15) is 5.82 Å². The fourth-order valence-corrected chi connectivity index (χ4v) is 3.26. The van der Waals surface area contributed by atoms with Crippen LogP contribution in [-0.2, 0) is 24.4 Å². The van der Waals surface area contributed by atoms with E-state index < -0.39 is 0 Å². The van der Waals surface area contributed by atoms with Gasteiger partial charge in [-0.1, -0.05) is 36.4 Å². The van der Waals surface area contributed by atoms with Crippen LogP contribution in [0, 0.1) is 5.82 Å². The number of fused-ring (bicyclic) bond motifs is 1. The van der Waals surface area contributed by atoms with E-state index in [1.807, 2.05) is 30.0 Å². The Morgan fingerprint density at radius 1 is 1.10 bits per heavy atom. The van der Waals surface area contributed by atoms with Crippen LogP contribution >= 0.6 is 24.0 Å². The first-order chi connectivity index (χ1) is 13.7. The highest BCUT2D eigenvalue weighted by atomic mass is 127. The van der Waals surface area contributed by atoms with E-state index in [1.165, 1.54) is 23.3 Å². The summed E-state index contributed by atoms with van der Waals surface area (Å²) >= 11 is 0. The van der Waals surface area contributed by atoms with Crippen molar-refractivity contribution in [3.8, 4) is 0 Å². The van der Waals surface area contributed by atoms with E-state index in [4.69, 9.17) is 0 Å². The number of nitrogens with zero attached hydrogens (tertiary/aromatic N) is 2. The van der Waals surface area contributed by atoms with Crippen molar-refractivity contribution in [1.82, 2.24) is 15.5 Å². The molecular formula is C22H28FIN4O. The van der Waals surface area contributed by atoms with Crippen LogP contribution in [0.2, 0.25) is 0 Å². The molecule has 2 aromatic carbocycles. The lowest BCUT2D eigenvalue weighted by molar-refractivity contribution is -0.131. The Labute approximate surface area is 188 Å². The molecule has 1 aliphatic rings. The summed E-state index contributed by atoms with van der Waals surface area (Å²) in [6, 6.07) is 14.6. The molecule has 0 saturated heterocycles. The summed E-state index contributed by atoms with van der Waals surface area (Å²) in [4.78, 5) is 18.8. The van der Waals surface area contributed by atoms with Crippen molar-refractivity contribution in [2.45, 2.75) is 39.4 Å². The molecule has 5 nitrogen and oxygen atoms in total. The second kappa shape index (κ2) is 11.7. The maximum Gasteiger partial charge on any atom is 0.223 e. The molecule has 0 unspecified atom stereocenters. The smallest absolute Gasteiger partial charge is 0.223 e. The molecule has 2 N–H and O–H groups in total. The molecule has 0 fully saturated rings. The molecule has 0 radical (unpaired) electrons. The highest BCUT2D eigenvalue weighted by Gasteiger charge is 2.22. The Morgan fingerprint density at radius 2 is 1.83 bits per heavy atom. The molecule has 156 valence electrons. The molecule has 0 saturated carbocycles. The SMILES string of the molecule is CCNC(=NCc1cccc(F)c1)NCCCC(=O)N1Cc2ccccc2C1.I. The van der Waals surface area contributed by atoms with Crippen LogP contribution in [0.25, 0.3) is 0 Å². The zero-order chi connectivity index (χ0) is 19.8. The number of carbonyl (C=O) groups is 1. The third kappa shape index (κ3) is 6.99. The van der Waals surface area contributed by atoms with Crippen molar-refractivity contribution >= 4 is 35.8 Å². The lowest BCUT2D eigenvalue weighted by atomic mass is 10.1. The minimum absolute atomic E-state index is 0. The molecule has 3 rings (SSSR count). The highest BCUT2D eigenvalue weighted by molar-refractivity contribution is 14.0. The second-order valence-corrected chi connectivity index (χ2v) is 6.87. The van der Waals surface area contributed by atoms with E-state index in [2.05, 4.69) is 27.8 Å². The summed E-state index contributed by atoms with van der Waals surface area (Å²) in [6.07, 6.45) is 1.24. The lowest BCUT2D eigenvalue weighted by Gasteiger charge is -2.16. The Bertz CT molecular complexity index is 818. The fourth-order valence-electron chi connectivity index (χ4n) is 3.26. The Kier molecular flexibility index (Phi) is 9.37. The van der Waals surface area contributed by atoms with Gasteiger partial charge in [-0.3, -0.25) is 4.79 Å². The number of hydrogen-bond acceptors (Lipinski definition) is 2. The van der Waals surface area contributed by atoms with E-state index in [1.54, 1.807) is 6.07 Å². The van der Waals surface area contributed by atoms with Gasteiger partial charge in [-0.15, -0.1) is 24.0 Å². The third-order valence-corrected chi connectivity index (χ3v) is 4.71. The molecular weight excluding hydrogens is 482 g/mol. The summed E-state index contributed by atoms with van der Waals surface area (Å²) in [5.41, 5.74) is 3.31. The molecule has 0 spiro atoms. The van der Waals surface area contributed by atoms with Crippen LogP contribution in [0.3, 0.4) is 0 Å². The molecule has 7 heteroatoms. The van der Waals surface area contributed by atoms with E-state index in [-0.39, 0.29) is 35.7 Å². The van der Waals surface area contributed by atoms with Crippen LogP contribution in [0.5, 0.6) is 0 Å². The van der Waals surface area contributed by atoms with Gasteiger partial charge in [-0.05, 0) is 42.2 Å². The largest absolute Gasteiger partial charge is 0.357 e. The molecule has 0 bridgehead atoms. The number of hydrogen-bond donors (Lipinski definition) is 2. The average Bonchev–Trinajstić information content (AvgIpc) is 3.13. The molecule has 1 aliphatic heterocycles. The maximum atomic E-state index is 13.3. The molecule has 29 heavy (non-hydrogen) atoms. The van der Waals surface area contributed by atoms with E-state index in [0.29, 0.717) is 38.6 Å². The number of nitrogens with one attached hydrogen (secondary N) is 2. The van der Waals surface area contributed by atoms with Crippen molar-refractivity contribution in [2.75, 3.05) is 13.1 Å². The standard InChI is InChI=1S/C22H27FN4O.HI/c1-2-24-22(26-14-17-7-5-10-20(23)13-17)25-12-6-11-21(28)27-15-18-8-3-4-9-19(18)16-27;/h3-5,7-10,13H,2,6,11-12,14-16H2,1H3,(H2,24,25,26);1H. The van der Waals surface area contributed by atoms with Gasteiger partial charge in [-0.25, -0.2) is 9.38 Å². The van der Waals surface area contributed by atoms with Crippen molar-refractivity contribution in [2.24, 2.45) is 4.99 Å². The van der Waals surface area contributed by atoms with Crippen molar-refractivity contribution < 1.29 is 9.18 Å². The second-order valence-electron chi connectivity index (χ2n) is 6.87. The zero-order valence-electron chi connectivity index (χ0n) is 16.7. The van der Waals surface area contributed by atoms with Gasteiger partial charge in [-0.2, -0.15) is 0 Å². The number of amides is 1. The van der Waals surface area contributed by atoms with Crippen LogP contribution in [0.4, 0.5) is 4.39 Å². The summed E-state index contributed by atoms with van der Waals surface area (Å²) in [5.74, 6) is 0.598. The van der Waals surface area contributed by atoms with Crippen molar-refractivity contribution in [3.63, 3.8) is 0 Å². The summed E-state index contributed by atoms with van der Waals surface area (Å²) in [7, 11) is 0. The van der Waals surface area contributed by atoms with E-state index >= 15 is 0 Å². The fraction of sp³-hybridized carbons (Fsp3) is 0.364. The minimum Gasteiger partial charge on any atom is -0.357 e. The molecule has 0 aliphatic carbocycles. The minimum atomic E-state index is -0.256. The first-order valence-corrected chi connectivity index (χ1v) is 9.77. The first-order valence-electron chi connectivity index (χ1n) is 9.77. The topological polar surface area (TPSA) is 56.7 Å². The Balaban J connectivity index is 0.00000300. The molecule has 1 heterocycles. The van der Waals surface area contributed by atoms with Gasteiger partial charge in [0.2, 0.25) is 5.91 Å². The van der Waals surface area contributed by atoms with Crippen LogP contribution in [0.15, 0.2) is 53.5 Å². The van der Waals surface area contributed by atoms with Gasteiger partial charge in [0.05, 0.1) is 6.54 Å². The number of rotatable bonds is 7. The summed E-state index contributed by atoms with van der Waals surface area (Å²) in [5, 5.41) is 6.42. The van der Waals surface area contributed by atoms with Gasteiger partial charge < -0.3 is 15.5 Å². The van der Waals surface area contributed by atoms with E-state index in [9.17, 15) is 9.18 Å². The quantitative estimate of drug-likeness (QED) is 0.258. The average molecular weight is 510 g/mol. The number of halogens is 2. The predicted molar refractivity (Wildman–Crippen MR) is 125 cm³/mol. The van der Waals surface area contributed by atoms with Crippen molar-refractivity contribution in [3.05, 3.63) is 71.0 Å². The number of guanidine groups is 1. The monoisotopic (exact) mass is 510 g/mol. The van der Waals surface area contributed by atoms with Crippen molar-refractivity contribution in [1.29, 1.82) is 0 Å². The molecule has 2 aromatic rings. The summed E-state index contributed by atoms with van der Waals surface area (Å²) in [6.45, 7) is 5.20. The highest BCUT2D eigenvalue weighted by Crippen LogP contribution is 2.22. The number of benzene rings is 2. The van der Waals surface area contributed by atoms with Crippen LogP contribution in [0.1, 0.15) is 36.5 Å². The zero-order valence-corrected chi connectivity index (χ0v) is 19.0. The van der Waals surface area contributed by atoms with Gasteiger partial charge in [0.15, 0.2) is 5.96 Å². The Hall–Kier alpha value is -2.16. The summed E-state index contributed by atoms with van der Waals surface area (Å²) < 4.78 is 13.3. The third-order valence-electron chi connectivity index (χ3n) is 4.71. The van der Waals surface area contributed by atoms with E-state index in [0.717, 1.165) is 18.5 Å². The van der Waals surface area contributed by atoms with Crippen LogP contribution < -0.4 is 10.6 Å². The molecule has 0 atom stereocenters. The maximum absolute atomic E-state index is 13.3. The number of aliphatic imine (C=N–C) groups is 1. The van der Waals surface area contributed by atoms with Crippen LogP contribution in [-0.4, -0.2) is 29.9 Å². The predicted octanol–water partition coefficient (Wildman–Crippen LogP) is 3.82. The normalized spacial score (nSPS) is 12.9. The molecule has 0 aromatic heterocycles. The first kappa shape index (κ1) is 23.1.